The molecule has 0 bridgehead atoms. The fourth-order valence-electron chi connectivity index (χ4n) is 2.64. The molecule has 0 aromatic rings. The molecule has 6 nitrogen and oxygen atoms in total. The van der Waals surface area contributed by atoms with Crippen LogP contribution < -0.4 is 11.1 Å². The van der Waals surface area contributed by atoms with Crippen LogP contribution in [-0.4, -0.2) is 48.2 Å². The SMILES string of the molecule is CCCC(CN=C(N)N1CCCCCC1)NC(=O)OC(C)(C)C.I. The molecule has 1 atom stereocenters. The molecule has 0 radical (unpaired) electrons. The Kier molecular flexibility index (Phi) is 11.4. The lowest BCUT2D eigenvalue weighted by Gasteiger charge is -2.24. The summed E-state index contributed by atoms with van der Waals surface area (Å²) in [6, 6.07) is -0.0413. The fourth-order valence-corrected chi connectivity index (χ4v) is 2.64. The summed E-state index contributed by atoms with van der Waals surface area (Å²) in [5.41, 5.74) is 5.64. The molecule has 1 fully saturated rings. The minimum atomic E-state index is -0.491. The highest BCUT2D eigenvalue weighted by molar-refractivity contribution is 14.0. The number of aliphatic imine (C=N–C) groups is 1. The summed E-state index contributed by atoms with van der Waals surface area (Å²) in [5.74, 6) is 0.596. The van der Waals surface area contributed by atoms with E-state index < -0.39 is 5.60 Å². The second-order valence-electron chi connectivity index (χ2n) is 7.23. The normalized spacial score (nSPS) is 17.5. The Balaban J connectivity index is 0.00000529. The van der Waals surface area contributed by atoms with E-state index in [2.05, 4.69) is 22.1 Å². The molecule has 1 aliphatic heterocycles. The van der Waals surface area contributed by atoms with Gasteiger partial charge in [-0.15, -0.1) is 24.0 Å². The molecule has 1 heterocycles. The number of likely N-dealkylation sites (tertiary alicyclic amines) is 1. The van der Waals surface area contributed by atoms with Gasteiger partial charge in [0.25, 0.3) is 0 Å². The van der Waals surface area contributed by atoms with Crippen LogP contribution in [0.1, 0.15) is 66.2 Å². The van der Waals surface area contributed by atoms with Crippen molar-refractivity contribution >= 4 is 36.0 Å². The summed E-state index contributed by atoms with van der Waals surface area (Å²) in [6.07, 6.45) is 6.32. The van der Waals surface area contributed by atoms with Crippen molar-refractivity contribution in [2.45, 2.75) is 77.9 Å². The van der Waals surface area contributed by atoms with E-state index in [4.69, 9.17) is 10.5 Å². The van der Waals surface area contributed by atoms with E-state index in [1.54, 1.807) is 0 Å². The number of hydrogen-bond acceptors (Lipinski definition) is 3. The summed E-state index contributed by atoms with van der Waals surface area (Å²) >= 11 is 0. The van der Waals surface area contributed by atoms with Crippen molar-refractivity contribution in [1.82, 2.24) is 10.2 Å². The number of rotatable bonds is 5. The molecule has 0 saturated carbocycles. The molecular formula is C17H35IN4O2. The van der Waals surface area contributed by atoms with Crippen molar-refractivity contribution in [3.05, 3.63) is 0 Å². The summed E-state index contributed by atoms with van der Waals surface area (Å²) < 4.78 is 5.31. The topological polar surface area (TPSA) is 80.0 Å². The quantitative estimate of drug-likeness (QED) is 0.379. The lowest BCUT2D eigenvalue weighted by Crippen LogP contribution is -2.42. The number of carbonyl (C=O) groups is 1. The number of guanidine groups is 1. The van der Waals surface area contributed by atoms with Gasteiger partial charge in [0, 0.05) is 13.1 Å². The summed E-state index contributed by atoms with van der Waals surface area (Å²) in [6.45, 7) is 10.1. The Morgan fingerprint density at radius 3 is 2.33 bits per heavy atom. The average Bonchev–Trinajstić information content (AvgIpc) is 2.71. The van der Waals surface area contributed by atoms with Crippen molar-refractivity contribution in [3.63, 3.8) is 0 Å². The van der Waals surface area contributed by atoms with Crippen molar-refractivity contribution in [2.75, 3.05) is 19.6 Å². The molecule has 1 rings (SSSR count). The molecule has 142 valence electrons. The Morgan fingerprint density at radius 2 is 1.83 bits per heavy atom. The maximum atomic E-state index is 11.9. The third-order valence-electron chi connectivity index (χ3n) is 3.76. The van der Waals surface area contributed by atoms with Crippen LogP contribution in [0.5, 0.6) is 0 Å². The van der Waals surface area contributed by atoms with Gasteiger partial charge >= 0.3 is 6.09 Å². The first-order valence-electron chi connectivity index (χ1n) is 8.86. The zero-order valence-corrected chi connectivity index (χ0v) is 18.0. The molecule has 3 N–H and O–H groups in total. The van der Waals surface area contributed by atoms with Gasteiger partial charge in [-0.1, -0.05) is 26.2 Å². The van der Waals surface area contributed by atoms with E-state index in [0.29, 0.717) is 12.5 Å². The zero-order valence-electron chi connectivity index (χ0n) is 15.6. The Bertz CT molecular complexity index is 389. The van der Waals surface area contributed by atoms with Gasteiger partial charge < -0.3 is 20.7 Å². The van der Waals surface area contributed by atoms with Crippen molar-refractivity contribution in [3.8, 4) is 0 Å². The Labute approximate surface area is 164 Å². The van der Waals surface area contributed by atoms with Crippen LogP contribution in [-0.2, 0) is 4.74 Å². The number of amides is 1. The van der Waals surface area contributed by atoms with E-state index in [0.717, 1.165) is 25.9 Å². The predicted octanol–water partition coefficient (Wildman–Crippen LogP) is 3.49. The minimum absolute atomic E-state index is 0. The van der Waals surface area contributed by atoms with Crippen molar-refractivity contribution < 1.29 is 9.53 Å². The minimum Gasteiger partial charge on any atom is -0.444 e. The third kappa shape index (κ3) is 10.2. The number of nitrogens with zero attached hydrogens (tertiary/aromatic N) is 2. The van der Waals surface area contributed by atoms with Gasteiger partial charge in [0.2, 0.25) is 0 Å². The van der Waals surface area contributed by atoms with Gasteiger partial charge in [0.1, 0.15) is 5.60 Å². The maximum Gasteiger partial charge on any atom is 0.407 e. The van der Waals surface area contributed by atoms with Crippen molar-refractivity contribution in [1.29, 1.82) is 0 Å². The largest absolute Gasteiger partial charge is 0.444 e. The number of hydrogen-bond donors (Lipinski definition) is 2. The summed E-state index contributed by atoms with van der Waals surface area (Å²) in [5, 5.41) is 2.90. The average molecular weight is 454 g/mol. The van der Waals surface area contributed by atoms with Crippen LogP contribution in [0, 0.1) is 0 Å². The van der Waals surface area contributed by atoms with E-state index in [9.17, 15) is 4.79 Å². The maximum absolute atomic E-state index is 11.9. The second kappa shape index (κ2) is 11.8. The summed E-state index contributed by atoms with van der Waals surface area (Å²) in [4.78, 5) is 18.6. The number of ether oxygens (including phenoxy) is 1. The molecule has 1 aliphatic rings. The number of alkyl carbamates (subject to hydrolysis) is 1. The number of halogens is 1. The molecule has 1 saturated heterocycles. The second-order valence-corrected chi connectivity index (χ2v) is 7.23. The lowest BCUT2D eigenvalue weighted by molar-refractivity contribution is 0.0503. The molecule has 1 unspecified atom stereocenters. The van der Waals surface area contributed by atoms with Crippen LogP contribution in [0.2, 0.25) is 0 Å². The monoisotopic (exact) mass is 454 g/mol. The van der Waals surface area contributed by atoms with E-state index in [1.807, 2.05) is 20.8 Å². The van der Waals surface area contributed by atoms with Crippen LogP contribution >= 0.6 is 24.0 Å². The van der Waals surface area contributed by atoms with Crippen LogP contribution in [0.4, 0.5) is 4.79 Å². The fraction of sp³-hybridized carbons (Fsp3) is 0.882. The molecule has 24 heavy (non-hydrogen) atoms. The first-order chi connectivity index (χ1) is 10.8. The highest BCUT2D eigenvalue weighted by atomic mass is 127. The Morgan fingerprint density at radius 1 is 1.25 bits per heavy atom. The van der Waals surface area contributed by atoms with Gasteiger partial charge in [0.05, 0.1) is 12.6 Å². The predicted molar refractivity (Wildman–Crippen MR) is 110 cm³/mol. The highest BCUT2D eigenvalue weighted by Gasteiger charge is 2.19. The molecule has 1 amide bonds. The van der Waals surface area contributed by atoms with E-state index in [1.165, 1.54) is 25.7 Å². The van der Waals surface area contributed by atoms with E-state index >= 15 is 0 Å². The number of carbonyl (C=O) groups excluding carboxylic acids is 1. The smallest absolute Gasteiger partial charge is 0.407 e. The zero-order chi connectivity index (χ0) is 17.3. The molecule has 0 aliphatic carbocycles. The van der Waals surface area contributed by atoms with Gasteiger partial charge in [-0.25, -0.2) is 4.79 Å². The van der Waals surface area contributed by atoms with Crippen molar-refractivity contribution in [2.24, 2.45) is 10.7 Å². The number of nitrogens with two attached hydrogens (primary N) is 1. The van der Waals surface area contributed by atoms with Gasteiger partial charge in [0.15, 0.2) is 5.96 Å². The number of nitrogens with one attached hydrogen (secondary N) is 1. The van der Waals surface area contributed by atoms with Crippen LogP contribution in [0.25, 0.3) is 0 Å². The first kappa shape index (κ1) is 23.3. The van der Waals surface area contributed by atoms with Crippen LogP contribution in [0.3, 0.4) is 0 Å². The van der Waals surface area contributed by atoms with Crippen LogP contribution in [0.15, 0.2) is 4.99 Å². The lowest BCUT2D eigenvalue weighted by atomic mass is 10.1. The molecule has 0 aromatic heterocycles. The van der Waals surface area contributed by atoms with Gasteiger partial charge in [-0.2, -0.15) is 0 Å². The van der Waals surface area contributed by atoms with Gasteiger partial charge in [-0.3, -0.25) is 4.99 Å². The van der Waals surface area contributed by atoms with Gasteiger partial charge in [-0.05, 0) is 40.0 Å². The standard InChI is InChI=1S/C17H34N4O2.HI/c1-5-10-14(20-16(22)23-17(2,3)4)13-19-15(18)21-11-8-6-7-9-12-21;/h14H,5-13H2,1-4H3,(H2,18,19)(H,20,22);1H. The highest BCUT2D eigenvalue weighted by Crippen LogP contribution is 2.10. The van der Waals surface area contributed by atoms with E-state index in [-0.39, 0.29) is 36.1 Å². The summed E-state index contributed by atoms with van der Waals surface area (Å²) in [7, 11) is 0. The third-order valence-corrected chi connectivity index (χ3v) is 3.76. The molecule has 7 heteroatoms. The Hall–Kier alpha value is -0.730. The molecule has 0 aromatic carbocycles. The molecular weight excluding hydrogens is 419 g/mol. The first-order valence-corrected chi connectivity index (χ1v) is 8.86. The molecule has 0 spiro atoms.